The second-order valence-electron chi connectivity index (χ2n) is 4.95. The number of hydrogen-bond donors (Lipinski definition) is 2. The number of rotatable bonds is 4. The van der Waals surface area contributed by atoms with E-state index < -0.39 is 6.04 Å². The Morgan fingerprint density at radius 3 is 2.94 bits per heavy atom. The van der Waals surface area contributed by atoms with Gasteiger partial charge in [0.1, 0.15) is 6.04 Å². The van der Waals surface area contributed by atoms with Crippen LogP contribution in [-0.2, 0) is 16.6 Å². The number of amides is 1. The molecule has 1 unspecified atom stereocenters. The number of nitrogens with two attached hydrogens (primary N) is 1. The quantitative estimate of drug-likeness (QED) is 0.746. The third-order valence-corrected chi connectivity index (χ3v) is 2.96. The molecule has 0 bridgehead atoms. The molecule has 3 N–H and O–H groups in total. The molecule has 94 valence electrons. The van der Waals surface area contributed by atoms with E-state index in [0.29, 0.717) is 19.8 Å². The van der Waals surface area contributed by atoms with E-state index in [1.54, 1.807) is 24.1 Å². The average molecular weight is 238 g/mol. The first-order chi connectivity index (χ1) is 8.00. The summed E-state index contributed by atoms with van der Waals surface area (Å²) in [6.45, 7) is 4.05. The number of aryl methyl sites for hydroxylation is 1. The summed E-state index contributed by atoms with van der Waals surface area (Å²) in [5, 5.41) is 6.84. The van der Waals surface area contributed by atoms with Crippen molar-refractivity contribution in [1.29, 1.82) is 0 Å². The lowest BCUT2D eigenvalue weighted by atomic mass is 9.88. The average Bonchev–Trinajstić information content (AvgIpc) is 2.69. The van der Waals surface area contributed by atoms with Crippen LogP contribution in [0.15, 0.2) is 12.4 Å². The molecule has 1 aliphatic rings. The zero-order valence-electron chi connectivity index (χ0n) is 10.1. The van der Waals surface area contributed by atoms with E-state index in [4.69, 9.17) is 10.5 Å². The lowest BCUT2D eigenvalue weighted by Gasteiger charge is -2.38. The molecule has 2 heterocycles. The van der Waals surface area contributed by atoms with Gasteiger partial charge in [0.2, 0.25) is 5.91 Å². The zero-order valence-corrected chi connectivity index (χ0v) is 10.1. The maximum absolute atomic E-state index is 11.8. The maximum atomic E-state index is 11.8. The van der Waals surface area contributed by atoms with Gasteiger partial charge in [-0.05, 0) is 0 Å². The Balaban J connectivity index is 1.87. The van der Waals surface area contributed by atoms with Crippen LogP contribution in [0.4, 0.5) is 0 Å². The first-order valence-corrected chi connectivity index (χ1v) is 5.60. The molecule has 0 saturated carbocycles. The van der Waals surface area contributed by atoms with Gasteiger partial charge < -0.3 is 15.8 Å². The molecule has 6 nitrogen and oxygen atoms in total. The molecule has 1 aromatic heterocycles. The summed E-state index contributed by atoms with van der Waals surface area (Å²) >= 11 is 0. The van der Waals surface area contributed by atoms with Crippen molar-refractivity contribution in [2.24, 2.45) is 18.2 Å². The predicted molar refractivity (Wildman–Crippen MR) is 62.1 cm³/mol. The summed E-state index contributed by atoms with van der Waals surface area (Å²) < 4.78 is 6.75. The first-order valence-electron chi connectivity index (χ1n) is 5.60. The number of ether oxygens (including phenoxy) is 1. The van der Waals surface area contributed by atoms with Gasteiger partial charge in [-0.1, -0.05) is 6.92 Å². The third-order valence-electron chi connectivity index (χ3n) is 2.96. The highest BCUT2D eigenvalue weighted by atomic mass is 16.5. The van der Waals surface area contributed by atoms with E-state index in [9.17, 15) is 4.79 Å². The van der Waals surface area contributed by atoms with Gasteiger partial charge in [-0.15, -0.1) is 0 Å². The Bertz CT molecular complexity index is 411. The van der Waals surface area contributed by atoms with Crippen molar-refractivity contribution in [2.75, 3.05) is 19.8 Å². The summed E-state index contributed by atoms with van der Waals surface area (Å²) in [6.07, 6.45) is 3.36. The summed E-state index contributed by atoms with van der Waals surface area (Å²) in [5.74, 6) is -0.175. The standard InChI is InChI=1S/C11H18N4O2/c1-11(6-17-7-11)5-13-10(16)9(12)8-3-14-15(2)4-8/h3-4,9H,5-7,12H2,1-2H3,(H,13,16). The highest BCUT2D eigenvalue weighted by Crippen LogP contribution is 2.25. The minimum absolute atomic E-state index is 0.0598. The maximum Gasteiger partial charge on any atom is 0.241 e. The molecule has 1 fully saturated rings. The van der Waals surface area contributed by atoms with Gasteiger partial charge in [0.25, 0.3) is 0 Å². The van der Waals surface area contributed by atoms with Crippen molar-refractivity contribution in [3.8, 4) is 0 Å². The van der Waals surface area contributed by atoms with Crippen LogP contribution in [0.25, 0.3) is 0 Å². The van der Waals surface area contributed by atoms with Crippen LogP contribution in [0, 0.1) is 5.41 Å². The van der Waals surface area contributed by atoms with Gasteiger partial charge in [0.15, 0.2) is 0 Å². The smallest absolute Gasteiger partial charge is 0.241 e. The lowest BCUT2D eigenvalue weighted by molar-refractivity contribution is -0.128. The van der Waals surface area contributed by atoms with E-state index in [1.807, 2.05) is 0 Å². The molecule has 1 aromatic rings. The molecular weight excluding hydrogens is 220 g/mol. The Morgan fingerprint density at radius 2 is 2.47 bits per heavy atom. The lowest BCUT2D eigenvalue weighted by Crippen LogP contribution is -2.50. The van der Waals surface area contributed by atoms with Crippen LogP contribution in [0.1, 0.15) is 18.5 Å². The summed E-state index contributed by atoms with van der Waals surface area (Å²) in [4.78, 5) is 11.8. The Labute approximate surface area is 100 Å². The Hall–Kier alpha value is -1.40. The molecular formula is C11H18N4O2. The molecule has 0 aromatic carbocycles. The van der Waals surface area contributed by atoms with E-state index in [-0.39, 0.29) is 11.3 Å². The highest BCUT2D eigenvalue weighted by Gasteiger charge is 2.34. The molecule has 1 atom stereocenters. The van der Waals surface area contributed by atoms with E-state index in [0.717, 1.165) is 5.56 Å². The van der Waals surface area contributed by atoms with Crippen molar-refractivity contribution in [2.45, 2.75) is 13.0 Å². The molecule has 0 radical (unpaired) electrons. The van der Waals surface area contributed by atoms with E-state index in [2.05, 4.69) is 17.3 Å². The second kappa shape index (κ2) is 4.46. The van der Waals surface area contributed by atoms with Crippen molar-refractivity contribution in [3.05, 3.63) is 18.0 Å². The molecule has 1 saturated heterocycles. The third kappa shape index (κ3) is 2.65. The fourth-order valence-electron chi connectivity index (χ4n) is 1.72. The van der Waals surface area contributed by atoms with E-state index in [1.165, 1.54) is 0 Å². The van der Waals surface area contributed by atoms with Crippen LogP contribution in [0.5, 0.6) is 0 Å². The van der Waals surface area contributed by atoms with Gasteiger partial charge in [0.05, 0.1) is 19.4 Å². The number of carbonyl (C=O) groups is 1. The molecule has 1 aliphatic heterocycles. The van der Waals surface area contributed by atoms with Gasteiger partial charge in [-0.2, -0.15) is 5.10 Å². The number of hydrogen-bond acceptors (Lipinski definition) is 4. The molecule has 2 rings (SSSR count). The monoisotopic (exact) mass is 238 g/mol. The van der Waals surface area contributed by atoms with Gasteiger partial charge >= 0.3 is 0 Å². The molecule has 6 heteroatoms. The highest BCUT2D eigenvalue weighted by molar-refractivity contribution is 5.82. The van der Waals surface area contributed by atoms with E-state index >= 15 is 0 Å². The van der Waals surface area contributed by atoms with Crippen molar-refractivity contribution >= 4 is 5.91 Å². The van der Waals surface area contributed by atoms with Crippen LogP contribution in [0.3, 0.4) is 0 Å². The van der Waals surface area contributed by atoms with Gasteiger partial charge in [-0.25, -0.2) is 0 Å². The normalized spacial score (nSPS) is 19.5. The number of nitrogens with one attached hydrogen (secondary N) is 1. The molecule has 17 heavy (non-hydrogen) atoms. The van der Waals surface area contributed by atoms with Crippen LogP contribution in [0.2, 0.25) is 0 Å². The Morgan fingerprint density at radius 1 is 1.76 bits per heavy atom. The van der Waals surface area contributed by atoms with Gasteiger partial charge in [-0.3, -0.25) is 9.48 Å². The second-order valence-corrected chi connectivity index (χ2v) is 4.95. The predicted octanol–water partition coefficient (Wildman–Crippen LogP) is -0.427. The Kier molecular flexibility index (Phi) is 3.17. The van der Waals surface area contributed by atoms with Crippen LogP contribution >= 0.6 is 0 Å². The van der Waals surface area contributed by atoms with Gasteiger partial charge in [0, 0.05) is 30.8 Å². The van der Waals surface area contributed by atoms with Crippen LogP contribution in [-0.4, -0.2) is 35.4 Å². The minimum atomic E-state index is -0.659. The van der Waals surface area contributed by atoms with Crippen LogP contribution < -0.4 is 11.1 Å². The fraction of sp³-hybridized carbons (Fsp3) is 0.636. The van der Waals surface area contributed by atoms with Crippen molar-refractivity contribution in [1.82, 2.24) is 15.1 Å². The molecule has 0 aliphatic carbocycles. The summed E-state index contributed by atoms with van der Waals surface area (Å²) in [7, 11) is 1.79. The number of nitrogens with zero attached hydrogens (tertiary/aromatic N) is 2. The fourth-order valence-corrected chi connectivity index (χ4v) is 1.72. The van der Waals surface area contributed by atoms with Crippen molar-refractivity contribution < 1.29 is 9.53 Å². The number of carbonyl (C=O) groups excluding carboxylic acids is 1. The molecule has 0 spiro atoms. The SMILES string of the molecule is Cn1cc(C(N)C(=O)NCC2(C)COC2)cn1. The van der Waals surface area contributed by atoms with Crippen molar-refractivity contribution in [3.63, 3.8) is 0 Å². The topological polar surface area (TPSA) is 82.2 Å². The summed E-state index contributed by atoms with van der Waals surface area (Å²) in [5.41, 5.74) is 6.63. The summed E-state index contributed by atoms with van der Waals surface area (Å²) in [6, 6.07) is -0.659. The first kappa shape index (κ1) is 12.1. The number of aromatic nitrogens is 2. The largest absolute Gasteiger partial charge is 0.380 e. The molecule has 1 amide bonds. The zero-order chi connectivity index (χ0) is 12.5. The minimum Gasteiger partial charge on any atom is -0.380 e.